The Labute approximate surface area is 124 Å². The summed E-state index contributed by atoms with van der Waals surface area (Å²) in [5.74, 6) is 0.812. The van der Waals surface area contributed by atoms with E-state index in [1.165, 1.54) is 0 Å². The molecule has 21 heavy (non-hydrogen) atoms. The molecule has 0 fully saturated rings. The smallest absolute Gasteiger partial charge is 0.251 e. The molecule has 5 heteroatoms. The lowest BCUT2D eigenvalue weighted by atomic mass is 10.1. The van der Waals surface area contributed by atoms with Gasteiger partial charge in [-0.05, 0) is 44.2 Å². The van der Waals surface area contributed by atoms with Gasteiger partial charge in [0, 0.05) is 24.6 Å². The van der Waals surface area contributed by atoms with E-state index in [4.69, 9.17) is 10.2 Å². The number of nitrogens with two attached hydrogens (primary N) is 1. The van der Waals surface area contributed by atoms with Gasteiger partial charge in [-0.1, -0.05) is 0 Å². The number of carbonyl (C=O) groups is 1. The number of benzene rings is 1. The molecule has 0 aliphatic carbocycles. The van der Waals surface area contributed by atoms with Crippen molar-refractivity contribution in [2.45, 2.75) is 26.3 Å². The Morgan fingerprint density at radius 1 is 1.38 bits per heavy atom. The Kier molecular flexibility index (Phi) is 4.87. The Bertz CT molecular complexity index is 594. The first-order chi connectivity index (χ1) is 10.1. The number of hydrogen-bond acceptors (Lipinski definition) is 4. The van der Waals surface area contributed by atoms with E-state index in [9.17, 15) is 4.79 Å². The number of nitrogens with one attached hydrogen (secondary N) is 2. The number of rotatable bonds is 6. The van der Waals surface area contributed by atoms with Crippen molar-refractivity contribution < 1.29 is 9.21 Å². The zero-order valence-electron chi connectivity index (χ0n) is 12.3. The monoisotopic (exact) mass is 287 g/mol. The third-order valence-electron chi connectivity index (χ3n) is 3.14. The van der Waals surface area contributed by atoms with Gasteiger partial charge in [0.1, 0.15) is 5.76 Å². The quantitative estimate of drug-likeness (QED) is 0.714. The Morgan fingerprint density at radius 3 is 2.81 bits per heavy atom. The molecule has 0 saturated heterocycles. The van der Waals surface area contributed by atoms with Crippen LogP contribution in [0.25, 0.3) is 0 Å². The molecule has 1 unspecified atom stereocenters. The minimum absolute atomic E-state index is 0.112. The number of amides is 1. The normalized spacial score (nSPS) is 11.9. The average molecular weight is 287 g/mol. The van der Waals surface area contributed by atoms with Gasteiger partial charge in [0.25, 0.3) is 5.91 Å². The van der Waals surface area contributed by atoms with Crippen molar-refractivity contribution in [2.24, 2.45) is 0 Å². The SMILES string of the molecule is CCNC(=O)c1ccc(NC(C)Cc2ccco2)c(N)c1. The summed E-state index contributed by atoms with van der Waals surface area (Å²) >= 11 is 0. The summed E-state index contributed by atoms with van der Waals surface area (Å²) in [6.07, 6.45) is 2.43. The van der Waals surface area contributed by atoms with E-state index in [0.717, 1.165) is 17.9 Å². The topological polar surface area (TPSA) is 80.3 Å². The molecule has 0 spiro atoms. The maximum Gasteiger partial charge on any atom is 0.251 e. The summed E-state index contributed by atoms with van der Waals surface area (Å²) in [7, 11) is 0. The number of nitrogen functional groups attached to an aromatic ring is 1. The predicted molar refractivity (Wildman–Crippen MR) is 84.4 cm³/mol. The van der Waals surface area contributed by atoms with Crippen LogP contribution in [0.15, 0.2) is 41.0 Å². The molecule has 112 valence electrons. The van der Waals surface area contributed by atoms with Gasteiger partial charge in [0.05, 0.1) is 17.6 Å². The Balaban J connectivity index is 2.02. The second-order valence-electron chi connectivity index (χ2n) is 4.99. The number of hydrogen-bond donors (Lipinski definition) is 3. The Morgan fingerprint density at radius 2 is 2.19 bits per heavy atom. The molecule has 2 aromatic rings. The minimum atomic E-state index is -0.112. The van der Waals surface area contributed by atoms with Gasteiger partial charge < -0.3 is 20.8 Å². The highest BCUT2D eigenvalue weighted by Crippen LogP contribution is 2.21. The van der Waals surface area contributed by atoms with E-state index in [1.54, 1.807) is 18.4 Å². The van der Waals surface area contributed by atoms with Gasteiger partial charge in [0.15, 0.2) is 0 Å². The van der Waals surface area contributed by atoms with Gasteiger partial charge in [-0.15, -0.1) is 0 Å². The molecule has 1 aromatic heterocycles. The minimum Gasteiger partial charge on any atom is -0.469 e. The third-order valence-corrected chi connectivity index (χ3v) is 3.14. The van der Waals surface area contributed by atoms with Crippen molar-refractivity contribution in [3.05, 3.63) is 47.9 Å². The lowest BCUT2D eigenvalue weighted by Gasteiger charge is -2.16. The first-order valence-electron chi connectivity index (χ1n) is 7.06. The van der Waals surface area contributed by atoms with Crippen molar-refractivity contribution in [1.29, 1.82) is 0 Å². The standard InChI is InChI=1S/C16H21N3O2/c1-3-18-16(20)12-6-7-15(14(17)10-12)19-11(2)9-13-5-4-8-21-13/h4-8,10-11,19H,3,9,17H2,1-2H3,(H,18,20). The molecule has 0 radical (unpaired) electrons. The Hall–Kier alpha value is -2.43. The highest BCUT2D eigenvalue weighted by Gasteiger charge is 2.10. The van der Waals surface area contributed by atoms with Crippen molar-refractivity contribution >= 4 is 17.3 Å². The summed E-state index contributed by atoms with van der Waals surface area (Å²) in [5, 5.41) is 6.08. The van der Waals surface area contributed by atoms with Crippen molar-refractivity contribution in [3.63, 3.8) is 0 Å². The highest BCUT2D eigenvalue weighted by atomic mass is 16.3. The molecular formula is C16H21N3O2. The molecule has 4 N–H and O–H groups in total. The zero-order chi connectivity index (χ0) is 15.2. The van der Waals surface area contributed by atoms with Gasteiger partial charge in [-0.3, -0.25) is 4.79 Å². The van der Waals surface area contributed by atoms with E-state index in [0.29, 0.717) is 17.8 Å². The molecule has 1 heterocycles. The molecule has 0 aliphatic heterocycles. The summed E-state index contributed by atoms with van der Waals surface area (Å²) in [6.45, 7) is 4.53. The van der Waals surface area contributed by atoms with Crippen LogP contribution in [-0.2, 0) is 6.42 Å². The molecule has 1 amide bonds. The van der Waals surface area contributed by atoms with E-state index >= 15 is 0 Å². The van der Waals surface area contributed by atoms with Crippen LogP contribution in [0.1, 0.15) is 30.0 Å². The zero-order valence-corrected chi connectivity index (χ0v) is 12.3. The fourth-order valence-corrected chi connectivity index (χ4v) is 2.15. The van der Waals surface area contributed by atoms with E-state index in [-0.39, 0.29) is 11.9 Å². The number of furan rings is 1. The van der Waals surface area contributed by atoms with Crippen molar-refractivity contribution in [2.75, 3.05) is 17.6 Å². The molecule has 5 nitrogen and oxygen atoms in total. The maximum atomic E-state index is 11.7. The third kappa shape index (κ3) is 4.02. The molecular weight excluding hydrogens is 266 g/mol. The van der Waals surface area contributed by atoms with Crippen LogP contribution in [0, 0.1) is 0 Å². The number of carbonyl (C=O) groups excluding carboxylic acids is 1. The summed E-state index contributed by atoms with van der Waals surface area (Å²) in [4.78, 5) is 11.7. The van der Waals surface area contributed by atoms with Crippen LogP contribution >= 0.6 is 0 Å². The van der Waals surface area contributed by atoms with Crippen LogP contribution in [0.4, 0.5) is 11.4 Å². The molecule has 0 bridgehead atoms. The fraction of sp³-hybridized carbons (Fsp3) is 0.312. The first-order valence-corrected chi connectivity index (χ1v) is 7.06. The van der Waals surface area contributed by atoms with Gasteiger partial charge in [0.2, 0.25) is 0 Å². The van der Waals surface area contributed by atoms with Crippen molar-refractivity contribution in [1.82, 2.24) is 5.32 Å². The van der Waals surface area contributed by atoms with E-state index < -0.39 is 0 Å². The van der Waals surface area contributed by atoms with Crippen LogP contribution in [-0.4, -0.2) is 18.5 Å². The second-order valence-corrected chi connectivity index (χ2v) is 4.99. The lowest BCUT2D eigenvalue weighted by Crippen LogP contribution is -2.23. The molecule has 0 saturated carbocycles. The summed E-state index contributed by atoms with van der Waals surface area (Å²) in [6, 6.07) is 9.28. The average Bonchev–Trinajstić information content (AvgIpc) is 2.94. The fourth-order valence-electron chi connectivity index (χ4n) is 2.15. The molecule has 0 aliphatic rings. The van der Waals surface area contributed by atoms with Crippen LogP contribution in [0.3, 0.4) is 0 Å². The lowest BCUT2D eigenvalue weighted by molar-refractivity contribution is 0.0956. The van der Waals surface area contributed by atoms with Gasteiger partial charge in [-0.2, -0.15) is 0 Å². The molecule has 1 aromatic carbocycles. The number of anilines is 2. The second kappa shape index (κ2) is 6.83. The highest BCUT2D eigenvalue weighted by molar-refractivity contribution is 5.96. The van der Waals surface area contributed by atoms with E-state index in [1.807, 2.05) is 25.1 Å². The maximum absolute atomic E-state index is 11.7. The first kappa shape index (κ1) is 15.0. The molecule has 2 rings (SSSR count). The van der Waals surface area contributed by atoms with Gasteiger partial charge >= 0.3 is 0 Å². The summed E-state index contributed by atoms with van der Waals surface area (Å²) in [5.41, 5.74) is 7.96. The molecule has 1 atom stereocenters. The largest absolute Gasteiger partial charge is 0.469 e. The van der Waals surface area contributed by atoms with Crippen LogP contribution in [0.2, 0.25) is 0 Å². The van der Waals surface area contributed by atoms with Gasteiger partial charge in [-0.25, -0.2) is 0 Å². The summed E-state index contributed by atoms with van der Waals surface area (Å²) < 4.78 is 5.33. The van der Waals surface area contributed by atoms with Crippen LogP contribution in [0.5, 0.6) is 0 Å². The van der Waals surface area contributed by atoms with Crippen molar-refractivity contribution in [3.8, 4) is 0 Å². The predicted octanol–water partition coefficient (Wildman–Crippen LogP) is 2.65. The van der Waals surface area contributed by atoms with Crippen LogP contribution < -0.4 is 16.4 Å². The van der Waals surface area contributed by atoms with E-state index in [2.05, 4.69) is 17.6 Å².